The lowest BCUT2D eigenvalue weighted by Gasteiger charge is -2.29. The average Bonchev–Trinajstić information content (AvgIpc) is 2.87. The number of nitrogens with zero attached hydrogens (tertiary/aromatic N) is 4. The van der Waals surface area contributed by atoms with Gasteiger partial charge in [0.25, 0.3) is 0 Å². The zero-order chi connectivity index (χ0) is 26.1. The van der Waals surface area contributed by atoms with E-state index in [1.807, 2.05) is 48.2 Å². The molecule has 0 aliphatic carbocycles. The molecule has 0 radical (unpaired) electrons. The molecule has 2 heterocycles. The second kappa shape index (κ2) is 10.6. The maximum atomic E-state index is 16.4. The van der Waals surface area contributed by atoms with Gasteiger partial charge < -0.3 is 30.1 Å². The normalized spacial score (nSPS) is 15.0. The molecule has 1 saturated heterocycles. The zero-order valence-corrected chi connectivity index (χ0v) is 21.5. The Hall–Kier alpha value is -3.24. The predicted octanol–water partition coefficient (Wildman–Crippen LogP) is 3.66. The first kappa shape index (κ1) is 25.4. The lowest BCUT2D eigenvalue weighted by atomic mass is 9.96. The summed E-state index contributed by atoms with van der Waals surface area (Å²) in [6.45, 7) is 3.22. The Kier molecular flexibility index (Phi) is 7.30. The van der Waals surface area contributed by atoms with Crippen molar-refractivity contribution in [2.75, 3.05) is 58.3 Å². The summed E-state index contributed by atoms with van der Waals surface area (Å²) in [5.41, 5.74) is 0.670. The molecule has 3 aromatic carbocycles. The van der Waals surface area contributed by atoms with Gasteiger partial charge in [-0.3, -0.25) is 0 Å². The quantitative estimate of drug-likeness (QED) is 0.336. The van der Waals surface area contributed by atoms with Crippen molar-refractivity contribution in [2.24, 2.45) is 0 Å². The van der Waals surface area contributed by atoms with Crippen LogP contribution in [0.3, 0.4) is 0 Å². The Labute approximate surface area is 219 Å². The fourth-order valence-corrected chi connectivity index (χ4v) is 5.03. The summed E-state index contributed by atoms with van der Waals surface area (Å²) in [6, 6.07) is 12.2. The van der Waals surface area contributed by atoms with Crippen LogP contribution in [-0.2, 0) is 0 Å². The van der Waals surface area contributed by atoms with Crippen LogP contribution in [0.2, 0.25) is 5.02 Å². The molecular formula is C27H29ClFN5O3. The van der Waals surface area contributed by atoms with Crippen molar-refractivity contribution in [3.05, 3.63) is 53.3 Å². The number of phenols is 1. The summed E-state index contributed by atoms with van der Waals surface area (Å²) in [5, 5.41) is 26.1. The number of aliphatic hydroxyl groups is 1. The molecule has 1 unspecified atom stereocenters. The van der Waals surface area contributed by atoms with Crippen LogP contribution in [-0.4, -0.2) is 84.6 Å². The molecule has 10 heteroatoms. The van der Waals surface area contributed by atoms with Gasteiger partial charge in [0, 0.05) is 43.7 Å². The number of halogens is 2. The highest BCUT2D eigenvalue weighted by Gasteiger charge is 2.24. The van der Waals surface area contributed by atoms with Crippen molar-refractivity contribution >= 4 is 39.1 Å². The molecule has 1 aromatic heterocycles. The van der Waals surface area contributed by atoms with Gasteiger partial charge in [-0.2, -0.15) is 9.97 Å². The molecule has 0 amide bonds. The van der Waals surface area contributed by atoms with Crippen molar-refractivity contribution in [2.45, 2.75) is 6.10 Å². The molecule has 3 N–H and O–H groups in total. The average molecular weight is 526 g/mol. The highest BCUT2D eigenvalue weighted by molar-refractivity contribution is 6.35. The standard InChI is InChI=1S/C27H29ClFN5O3/c1-33(2)14-18(36)15-37-27-31-25-21(26(32-27)34-9-7-30-8-10-34)13-22(28)23(24(25)29)20-12-17(35)11-16-5-3-4-6-19(16)20/h3-6,11-13,18,30,35-36H,7-10,14-15H2,1-2H3. The molecule has 0 spiro atoms. The van der Waals surface area contributed by atoms with Crippen molar-refractivity contribution in [1.29, 1.82) is 0 Å². The number of hydrogen-bond donors (Lipinski definition) is 3. The van der Waals surface area contributed by atoms with Gasteiger partial charge in [0.1, 0.15) is 29.8 Å². The second-order valence-electron chi connectivity index (χ2n) is 9.45. The number of ether oxygens (including phenoxy) is 1. The van der Waals surface area contributed by atoms with E-state index in [0.717, 1.165) is 23.9 Å². The van der Waals surface area contributed by atoms with Gasteiger partial charge in [-0.15, -0.1) is 0 Å². The van der Waals surface area contributed by atoms with E-state index in [2.05, 4.69) is 15.3 Å². The minimum Gasteiger partial charge on any atom is -0.508 e. The Morgan fingerprint density at radius 2 is 1.89 bits per heavy atom. The van der Waals surface area contributed by atoms with Crippen LogP contribution in [0.1, 0.15) is 0 Å². The second-order valence-corrected chi connectivity index (χ2v) is 9.86. The number of benzene rings is 3. The molecule has 37 heavy (non-hydrogen) atoms. The van der Waals surface area contributed by atoms with Crippen molar-refractivity contribution in [3.63, 3.8) is 0 Å². The van der Waals surface area contributed by atoms with Gasteiger partial charge in [0.2, 0.25) is 0 Å². The van der Waals surface area contributed by atoms with Crippen LogP contribution in [0.4, 0.5) is 10.2 Å². The first-order chi connectivity index (χ1) is 17.8. The summed E-state index contributed by atoms with van der Waals surface area (Å²) in [5.74, 6) is -0.0974. The molecule has 1 fully saturated rings. The summed E-state index contributed by atoms with van der Waals surface area (Å²) in [7, 11) is 3.70. The van der Waals surface area contributed by atoms with E-state index in [4.69, 9.17) is 16.3 Å². The lowest BCUT2D eigenvalue weighted by Crippen LogP contribution is -2.44. The molecule has 5 rings (SSSR count). The van der Waals surface area contributed by atoms with Crippen LogP contribution >= 0.6 is 11.6 Å². The molecule has 194 valence electrons. The third kappa shape index (κ3) is 5.26. The van der Waals surface area contributed by atoms with Crippen LogP contribution < -0.4 is 15.0 Å². The number of fused-ring (bicyclic) bond motifs is 2. The monoisotopic (exact) mass is 525 g/mol. The number of nitrogens with one attached hydrogen (secondary N) is 1. The van der Waals surface area contributed by atoms with Gasteiger partial charge in [-0.1, -0.05) is 35.9 Å². The van der Waals surface area contributed by atoms with E-state index >= 15 is 4.39 Å². The molecule has 1 aliphatic rings. The van der Waals surface area contributed by atoms with E-state index in [1.165, 1.54) is 6.07 Å². The summed E-state index contributed by atoms with van der Waals surface area (Å²) in [4.78, 5) is 12.9. The Bertz CT molecular complexity index is 1450. The Morgan fingerprint density at radius 3 is 2.65 bits per heavy atom. The highest BCUT2D eigenvalue weighted by Crippen LogP contribution is 2.42. The lowest BCUT2D eigenvalue weighted by molar-refractivity contribution is 0.0791. The number of aliphatic hydroxyl groups excluding tert-OH is 1. The molecule has 1 aliphatic heterocycles. The maximum absolute atomic E-state index is 16.4. The molecule has 1 atom stereocenters. The van der Waals surface area contributed by atoms with Crippen molar-refractivity contribution < 1.29 is 19.3 Å². The SMILES string of the molecule is CN(C)CC(O)COc1nc(N2CCNCC2)c2cc(Cl)c(-c3cc(O)cc4ccccc34)c(F)c2n1. The summed E-state index contributed by atoms with van der Waals surface area (Å²) >= 11 is 6.72. The highest BCUT2D eigenvalue weighted by atomic mass is 35.5. The van der Waals surface area contributed by atoms with E-state index in [1.54, 1.807) is 12.1 Å². The number of likely N-dealkylation sites (N-methyl/N-ethyl adjacent to an activating group) is 1. The van der Waals surface area contributed by atoms with Crippen LogP contribution in [0.25, 0.3) is 32.8 Å². The fraction of sp³-hybridized carbons (Fsp3) is 0.333. The van der Waals surface area contributed by atoms with Gasteiger partial charge >= 0.3 is 6.01 Å². The maximum Gasteiger partial charge on any atom is 0.319 e. The number of aromatic hydroxyl groups is 1. The first-order valence-corrected chi connectivity index (χ1v) is 12.5. The van der Waals surface area contributed by atoms with Gasteiger partial charge in [-0.05, 0) is 48.6 Å². The van der Waals surface area contributed by atoms with Gasteiger partial charge in [0.15, 0.2) is 5.82 Å². The molecule has 4 aromatic rings. The minimum absolute atomic E-state index is 0.00681. The molecule has 8 nitrogen and oxygen atoms in total. The topological polar surface area (TPSA) is 94.0 Å². The summed E-state index contributed by atoms with van der Waals surface area (Å²) < 4.78 is 22.1. The smallest absolute Gasteiger partial charge is 0.319 e. The van der Waals surface area contributed by atoms with Crippen LogP contribution in [0.15, 0.2) is 42.5 Å². The van der Waals surface area contributed by atoms with Crippen LogP contribution in [0.5, 0.6) is 11.8 Å². The van der Waals surface area contributed by atoms with Gasteiger partial charge in [0.05, 0.1) is 5.02 Å². The Morgan fingerprint density at radius 1 is 1.14 bits per heavy atom. The number of anilines is 1. The van der Waals surface area contributed by atoms with Crippen LogP contribution in [0, 0.1) is 5.82 Å². The fourth-order valence-electron chi connectivity index (χ4n) is 4.74. The summed E-state index contributed by atoms with van der Waals surface area (Å²) in [6.07, 6.45) is -0.763. The minimum atomic E-state index is -0.763. The zero-order valence-electron chi connectivity index (χ0n) is 20.7. The third-order valence-electron chi connectivity index (χ3n) is 6.36. The number of aromatic nitrogens is 2. The predicted molar refractivity (Wildman–Crippen MR) is 144 cm³/mol. The molecule has 0 saturated carbocycles. The first-order valence-electron chi connectivity index (χ1n) is 12.1. The largest absolute Gasteiger partial charge is 0.508 e. The van der Waals surface area contributed by atoms with E-state index in [0.29, 0.717) is 36.4 Å². The molecule has 0 bridgehead atoms. The third-order valence-corrected chi connectivity index (χ3v) is 6.65. The van der Waals surface area contributed by atoms with E-state index < -0.39 is 11.9 Å². The van der Waals surface area contributed by atoms with Gasteiger partial charge in [-0.25, -0.2) is 4.39 Å². The Balaban J connectivity index is 1.68. The van der Waals surface area contributed by atoms with E-state index in [-0.39, 0.29) is 34.5 Å². The number of phenolic OH excluding ortho intramolecular Hbond substituents is 1. The molecular weight excluding hydrogens is 497 g/mol. The van der Waals surface area contributed by atoms with E-state index in [9.17, 15) is 10.2 Å². The van der Waals surface area contributed by atoms with Crippen molar-refractivity contribution in [3.8, 4) is 22.9 Å². The van der Waals surface area contributed by atoms with Crippen molar-refractivity contribution in [1.82, 2.24) is 20.2 Å². The number of hydrogen-bond acceptors (Lipinski definition) is 8. The number of piperazine rings is 1. The number of rotatable bonds is 7.